The summed E-state index contributed by atoms with van der Waals surface area (Å²) in [5, 5.41) is 5.77. The predicted octanol–water partition coefficient (Wildman–Crippen LogP) is 2.34. The quantitative estimate of drug-likeness (QED) is 0.874. The number of hydrogen-bond donors (Lipinski definition) is 2. The molecule has 0 radical (unpaired) electrons. The van der Waals surface area contributed by atoms with Crippen molar-refractivity contribution in [1.29, 1.82) is 0 Å². The van der Waals surface area contributed by atoms with Gasteiger partial charge in [-0.2, -0.15) is 23.5 Å². The third-order valence-corrected chi connectivity index (χ3v) is 5.61. The summed E-state index contributed by atoms with van der Waals surface area (Å²) in [6, 6.07) is 3.49. The van der Waals surface area contributed by atoms with Crippen LogP contribution in [0, 0.1) is 11.6 Å². The SMILES string of the molecule is O=C(CNCC1CSCCS1)Nc1c(F)cccc1F. The predicted molar refractivity (Wildman–Crippen MR) is 81.4 cm³/mol. The van der Waals surface area contributed by atoms with E-state index in [1.807, 2.05) is 23.5 Å². The van der Waals surface area contributed by atoms with E-state index in [1.165, 1.54) is 11.8 Å². The van der Waals surface area contributed by atoms with Crippen LogP contribution in [0.15, 0.2) is 18.2 Å². The Bertz CT molecular complexity index is 447. The first-order chi connectivity index (χ1) is 9.66. The lowest BCUT2D eigenvalue weighted by Crippen LogP contribution is -2.35. The molecule has 1 aromatic rings. The Hall–Kier alpha value is -0.790. The van der Waals surface area contributed by atoms with Crippen molar-refractivity contribution in [3.05, 3.63) is 29.8 Å². The van der Waals surface area contributed by atoms with Crippen molar-refractivity contribution >= 4 is 35.1 Å². The zero-order chi connectivity index (χ0) is 14.4. The number of nitrogens with one attached hydrogen (secondary N) is 2. The molecule has 1 aliphatic rings. The number of hydrogen-bond acceptors (Lipinski definition) is 4. The first-order valence-electron chi connectivity index (χ1n) is 6.30. The van der Waals surface area contributed by atoms with Crippen molar-refractivity contribution < 1.29 is 13.6 Å². The lowest BCUT2D eigenvalue weighted by atomic mass is 10.3. The van der Waals surface area contributed by atoms with Gasteiger partial charge in [-0.15, -0.1) is 0 Å². The molecule has 1 fully saturated rings. The normalized spacial score (nSPS) is 18.8. The molecule has 0 aromatic heterocycles. The van der Waals surface area contributed by atoms with Gasteiger partial charge in [0.2, 0.25) is 5.91 Å². The molecule has 1 amide bonds. The standard InChI is InChI=1S/C13H16F2N2OS2/c14-10-2-1-3-11(15)13(10)17-12(18)7-16-6-9-8-19-4-5-20-9/h1-3,9,16H,4-8H2,(H,17,18). The van der Waals surface area contributed by atoms with Gasteiger partial charge < -0.3 is 10.6 Å². The summed E-state index contributed by atoms with van der Waals surface area (Å²) in [5.74, 6) is 1.40. The summed E-state index contributed by atoms with van der Waals surface area (Å²) in [4.78, 5) is 11.6. The summed E-state index contributed by atoms with van der Waals surface area (Å²) >= 11 is 3.80. The fraction of sp³-hybridized carbons (Fsp3) is 0.462. The van der Waals surface area contributed by atoms with Gasteiger partial charge in [0.1, 0.15) is 17.3 Å². The Labute approximate surface area is 125 Å². The second-order valence-electron chi connectivity index (χ2n) is 4.34. The molecule has 1 aliphatic heterocycles. The van der Waals surface area contributed by atoms with Crippen molar-refractivity contribution in [2.24, 2.45) is 0 Å². The molecule has 3 nitrogen and oxygen atoms in total. The highest BCUT2D eigenvalue weighted by atomic mass is 32.2. The van der Waals surface area contributed by atoms with Gasteiger partial charge in [-0.1, -0.05) is 6.07 Å². The lowest BCUT2D eigenvalue weighted by molar-refractivity contribution is -0.115. The maximum atomic E-state index is 13.3. The Kier molecular flexibility index (Phi) is 6.12. The van der Waals surface area contributed by atoms with Crippen LogP contribution < -0.4 is 10.6 Å². The van der Waals surface area contributed by atoms with Crippen molar-refractivity contribution in [2.75, 3.05) is 35.7 Å². The van der Waals surface area contributed by atoms with Crippen LogP contribution in [0.5, 0.6) is 0 Å². The number of halogens is 2. The van der Waals surface area contributed by atoms with Gasteiger partial charge in [-0.05, 0) is 12.1 Å². The minimum Gasteiger partial charge on any atom is -0.320 e. The van der Waals surface area contributed by atoms with Crippen LogP contribution >= 0.6 is 23.5 Å². The summed E-state index contributed by atoms with van der Waals surface area (Å²) in [6.45, 7) is 0.778. The van der Waals surface area contributed by atoms with Crippen LogP contribution in [0.2, 0.25) is 0 Å². The first kappa shape index (κ1) is 15.6. The van der Waals surface area contributed by atoms with E-state index in [-0.39, 0.29) is 12.2 Å². The summed E-state index contributed by atoms with van der Waals surface area (Å²) in [7, 11) is 0. The molecule has 7 heteroatoms. The molecule has 0 saturated carbocycles. The van der Waals surface area contributed by atoms with Crippen LogP contribution in [-0.2, 0) is 4.79 Å². The molecule has 0 spiro atoms. The van der Waals surface area contributed by atoms with Crippen LogP contribution in [0.4, 0.5) is 14.5 Å². The van der Waals surface area contributed by atoms with E-state index in [9.17, 15) is 13.6 Å². The molecule has 1 atom stereocenters. The molecule has 2 rings (SSSR count). The van der Waals surface area contributed by atoms with E-state index in [0.29, 0.717) is 5.25 Å². The van der Waals surface area contributed by atoms with Gasteiger partial charge in [-0.3, -0.25) is 4.79 Å². The minimum atomic E-state index is -0.766. The van der Waals surface area contributed by atoms with Crippen molar-refractivity contribution in [3.8, 4) is 0 Å². The molecule has 1 heterocycles. The van der Waals surface area contributed by atoms with E-state index < -0.39 is 17.5 Å². The molecule has 0 aliphatic carbocycles. The largest absolute Gasteiger partial charge is 0.320 e. The van der Waals surface area contributed by atoms with E-state index in [2.05, 4.69) is 10.6 Å². The number of para-hydroxylation sites is 1. The third-order valence-electron chi connectivity index (χ3n) is 2.77. The lowest BCUT2D eigenvalue weighted by Gasteiger charge is -2.21. The van der Waals surface area contributed by atoms with Gasteiger partial charge in [-0.25, -0.2) is 8.78 Å². The number of carbonyl (C=O) groups excluding carboxylic acids is 1. The topological polar surface area (TPSA) is 41.1 Å². The molecule has 2 N–H and O–H groups in total. The van der Waals surface area contributed by atoms with Crippen LogP contribution in [0.25, 0.3) is 0 Å². The van der Waals surface area contributed by atoms with E-state index >= 15 is 0 Å². The van der Waals surface area contributed by atoms with Gasteiger partial charge in [0.25, 0.3) is 0 Å². The monoisotopic (exact) mass is 318 g/mol. The minimum absolute atomic E-state index is 0.0511. The van der Waals surface area contributed by atoms with E-state index in [4.69, 9.17) is 0 Å². The highest BCUT2D eigenvalue weighted by molar-refractivity contribution is 8.06. The number of amides is 1. The fourth-order valence-electron chi connectivity index (χ4n) is 1.80. The average molecular weight is 318 g/mol. The third kappa shape index (κ3) is 4.64. The molecule has 20 heavy (non-hydrogen) atoms. The summed E-state index contributed by atoms with van der Waals surface area (Å²) < 4.78 is 26.7. The van der Waals surface area contributed by atoms with Gasteiger partial charge in [0.15, 0.2) is 0 Å². The Morgan fingerprint density at radius 3 is 2.70 bits per heavy atom. The molecular formula is C13H16F2N2OS2. The fourth-order valence-corrected chi connectivity index (χ4v) is 4.45. The van der Waals surface area contributed by atoms with Crippen molar-refractivity contribution in [1.82, 2.24) is 5.32 Å². The smallest absolute Gasteiger partial charge is 0.238 e. The number of rotatable bonds is 5. The van der Waals surface area contributed by atoms with Crippen molar-refractivity contribution in [2.45, 2.75) is 5.25 Å². The Morgan fingerprint density at radius 1 is 1.30 bits per heavy atom. The Balaban J connectivity index is 1.75. The second kappa shape index (κ2) is 7.85. The molecule has 1 saturated heterocycles. The zero-order valence-corrected chi connectivity index (χ0v) is 12.5. The number of benzene rings is 1. The highest BCUT2D eigenvalue weighted by Crippen LogP contribution is 2.23. The van der Waals surface area contributed by atoms with Crippen molar-refractivity contribution in [3.63, 3.8) is 0 Å². The molecule has 0 bridgehead atoms. The second-order valence-corrected chi connectivity index (χ2v) is 6.90. The van der Waals surface area contributed by atoms with Crippen LogP contribution in [0.1, 0.15) is 0 Å². The van der Waals surface area contributed by atoms with E-state index in [0.717, 1.165) is 30.2 Å². The summed E-state index contributed by atoms with van der Waals surface area (Å²) in [5.41, 5.74) is -0.387. The maximum Gasteiger partial charge on any atom is 0.238 e. The van der Waals surface area contributed by atoms with Gasteiger partial charge >= 0.3 is 0 Å². The number of thioether (sulfide) groups is 2. The number of anilines is 1. The van der Waals surface area contributed by atoms with Gasteiger partial charge in [0, 0.05) is 29.1 Å². The highest BCUT2D eigenvalue weighted by Gasteiger charge is 2.15. The average Bonchev–Trinajstić information content (AvgIpc) is 2.44. The molecule has 1 unspecified atom stereocenters. The van der Waals surface area contributed by atoms with Gasteiger partial charge in [0.05, 0.1) is 6.54 Å². The molecular weight excluding hydrogens is 302 g/mol. The van der Waals surface area contributed by atoms with Crippen LogP contribution in [-0.4, -0.2) is 41.5 Å². The first-order valence-corrected chi connectivity index (χ1v) is 8.51. The maximum absolute atomic E-state index is 13.3. The van der Waals surface area contributed by atoms with Crippen LogP contribution in [0.3, 0.4) is 0 Å². The molecule has 110 valence electrons. The van der Waals surface area contributed by atoms with E-state index in [1.54, 1.807) is 0 Å². The zero-order valence-electron chi connectivity index (χ0n) is 10.8. The molecule has 1 aromatic carbocycles. The summed E-state index contributed by atoms with van der Waals surface area (Å²) in [6.07, 6.45) is 0. The Morgan fingerprint density at radius 2 is 2.05 bits per heavy atom. The number of carbonyl (C=O) groups is 1.